The first kappa shape index (κ1) is 29.6. The fraction of sp³-hybridized carbons (Fsp3) is 0.308. The Morgan fingerprint density at radius 2 is 1.51 bits per heavy atom. The third-order valence-electron chi connectivity index (χ3n) is 5.51. The van der Waals surface area contributed by atoms with Crippen molar-refractivity contribution in [2.75, 3.05) is 32.1 Å². The van der Waals surface area contributed by atoms with Gasteiger partial charge in [0, 0.05) is 25.9 Å². The third-order valence-corrected chi connectivity index (χ3v) is 5.51. The number of alkyl halides is 6. The monoisotopic (exact) mass is 557 g/mol. The van der Waals surface area contributed by atoms with Crippen molar-refractivity contribution in [3.8, 4) is 0 Å². The van der Waals surface area contributed by atoms with Crippen LogP contribution in [-0.4, -0.2) is 48.5 Å². The van der Waals surface area contributed by atoms with Crippen LogP contribution in [0, 0.1) is 0 Å². The fourth-order valence-electron chi connectivity index (χ4n) is 3.57. The molecular formula is C26H25F6N3O4. The highest BCUT2D eigenvalue weighted by Crippen LogP contribution is 2.37. The van der Waals surface area contributed by atoms with E-state index in [9.17, 15) is 35.9 Å². The highest BCUT2D eigenvalue weighted by molar-refractivity contribution is 5.92. The van der Waals surface area contributed by atoms with Gasteiger partial charge in [0.15, 0.2) is 0 Å². The Morgan fingerprint density at radius 3 is 2.05 bits per heavy atom. The molecule has 1 aromatic heterocycles. The molecule has 0 aliphatic rings. The molecule has 0 aliphatic heterocycles. The van der Waals surface area contributed by atoms with Crippen LogP contribution < -0.4 is 5.32 Å². The van der Waals surface area contributed by atoms with E-state index < -0.39 is 47.6 Å². The maximum atomic E-state index is 13.3. The lowest BCUT2D eigenvalue weighted by atomic mass is 10.1. The summed E-state index contributed by atoms with van der Waals surface area (Å²) in [5.74, 6) is -0.0719. The number of benzene rings is 2. The quantitative estimate of drug-likeness (QED) is 0.309. The van der Waals surface area contributed by atoms with E-state index in [0.29, 0.717) is 17.9 Å². The van der Waals surface area contributed by atoms with Crippen molar-refractivity contribution in [2.45, 2.75) is 25.4 Å². The van der Waals surface area contributed by atoms with Crippen LogP contribution in [0.1, 0.15) is 22.5 Å². The first-order valence-electron chi connectivity index (χ1n) is 11.5. The van der Waals surface area contributed by atoms with Crippen LogP contribution in [0.2, 0.25) is 0 Å². The molecule has 0 atom stereocenters. The van der Waals surface area contributed by atoms with E-state index in [2.05, 4.69) is 5.32 Å². The second kappa shape index (κ2) is 12.7. The lowest BCUT2D eigenvalue weighted by Crippen LogP contribution is -2.45. The van der Waals surface area contributed by atoms with E-state index in [0.717, 1.165) is 10.5 Å². The summed E-state index contributed by atoms with van der Waals surface area (Å²) in [6, 6.07) is 11.9. The van der Waals surface area contributed by atoms with E-state index in [1.54, 1.807) is 42.5 Å². The number of methoxy groups -OCH3 is 1. The molecule has 0 saturated heterocycles. The normalized spacial score (nSPS) is 11.8. The average Bonchev–Trinajstić information content (AvgIpc) is 3.38. The Balaban J connectivity index is 1.83. The Bertz CT molecular complexity index is 1200. The number of amides is 3. The van der Waals surface area contributed by atoms with Crippen LogP contribution in [-0.2, 0) is 35.0 Å². The maximum absolute atomic E-state index is 13.3. The molecule has 1 N–H and O–H groups in total. The highest BCUT2D eigenvalue weighted by Gasteiger charge is 2.37. The van der Waals surface area contributed by atoms with Gasteiger partial charge in [0.05, 0.1) is 30.5 Å². The lowest BCUT2D eigenvalue weighted by molar-refractivity contribution is -0.143. The molecule has 3 rings (SSSR count). The second-order valence-corrected chi connectivity index (χ2v) is 8.45. The Labute approximate surface area is 219 Å². The van der Waals surface area contributed by atoms with Gasteiger partial charge in [0.2, 0.25) is 5.91 Å². The van der Waals surface area contributed by atoms with Crippen LogP contribution in [0.4, 0.5) is 36.8 Å². The third kappa shape index (κ3) is 8.77. The van der Waals surface area contributed by atoms with Gasteiger partial charge in [-0.3, -0.25) is 4.79 Å². The molecule has 0 radical (unpaired) electrons. The molecule has 3 amide bonds. The first-order valence-corrected chi connectivity index (χ1v) is 11.5. The predicted molar refractivity (Wildman–Crippen MR) is 128 cm³/mol. The molecule has 0 bridgehead atoms. The van der Waals surface area contributed by atoms with E-state index in [1.807, 2.05) is 0 Å². The number of hydrogen-bond donors (Lipinski definition) is 1. The molecule has 0 spiro atoms. The van der Waals surface area contributed by atoms with Crippen molar-refractivity contribution in [1.29, 1.82) is 0 Å². The smallest absolute Gasteiger partial charge is 0.416 e. The summed E-state index contributed by atoms with van der Waals surface area (Å²) in [6.07, 6.45) is -8.74. The zero-order chi connectivity index (χ0) is 28.6. The summed E-state index contributed by atoms with van der Waals surface area (Å²) in [6.45, 7) is -0.535. The molecule has 2 aromatic carbocycles. The van der Waals surface area contributed by atoms with Crippen molar-refractivity contribution in [1.82, 2.24) is 9.80 Å². The van der Waals surface area contributed by atoms with Crippen LogP contribution in [0.3, 0.4) is 0 Å². The predicted octanol–water partition coefficient (Wildman–Crippen LogP) is 6.03. The molecule has 3 aromatic rings. The van der Waals surface area contributed by atoms with Crippen molar-refractivity contribution in [2.24, 2.45) is 0 Å². The summed E-state index contributed by atoms with van der Waals surface area (Å²) in [7, 11) is 1.33. The zero-order valence-corrected chi connectivity index (χ0v) is 20.7. The van der Waals surface area contributed by atoms with Gasteiger partial charge in [-0.25, -0.2) is 4.79 Å². The first-order chi connectivity index (χ1) is 18.4. The van der Waals surface area contributed by atoms with Crippen LogP contribution >= 0.6 is 0 Å². The second-order valence-electron chi connectivity index (χ2n) is 8.45. The maximum Gasteiger partial charge on any atom is 0.416 e. The molecule has 0 saturated carbocycles. The van der Waals surface area contributed by atoms with Crippen LogP contribution in [0.25, 0.3) is 0 Å². The molecule has 13 heteroatoms. The molecule has 39 heavy (non-hydrogen) atoms. The largest absolute Gasteiger partial charge is 0.467 e. The molecule has 0 fully saturated rings. The molecule has 7 nitrogen and oxygen atoms in total. The van der Waals surface area contributed by atoms with Crippen molar-refractivity contribution in [3.05, 3.63) is 89.4 Å². The van der Waals surface area contributed by atoms with E-state index in [1.165, 1.54) is 18.3 Å². The Hall–Kier alpha value is -4.00. The highest BCUT2D eigenvalue weighted by atomic mass is 19.4. The number of carbonyl (C=O) groups excluding carboxylic acids is 2. The number of halogens is 6. The number of ether oxygens (including phenoxy) is 1. The molecule has 0 unspecified atom stereocenters. The zero-order valence-electron chi connectivity index (χ0n) is 20.7. The van der Waals surface area contributed by atoms with Crippen molar-refractivity contribution >= 4 is 17.6 Å². The lowest BCUT2D eigenvalue weighted by Gasteiger charge is -2.27. The number of hydrogen-bond acceptors (Lipinski definition) is 4. The fourth-order valence-corrected chi connectivity index (χ4v) is 3.57. The van der Waals surface area contributed by atoms with Crippen LogP contribution in [0.15, 0.2) is 71.3 Å². The number of carbonyl (C=O) groups is 2. The minimum Gasteiger partial charge on any atom is -0.467 e. The van der Waals surface area contributed by atoms with Crippen LogP contribution in [0.5, 0.6) is 0 Å². The number of furan rings is 1. The number of rotatable bonds is 10. The molecule has 210 valence electrons. The summed E-state index contributed by atoms with van der Waals surface area (Å²) in [4.78, 5) is 28.6. The van der Waals surface area contributed by atoms with E-state index >= 15 is 0 Å². The number of urea groups is 1. The minimum absolute atomic E-state index is 0.0437. The van der Waals surface area contributed by atoms with E-state index in [-0.39, 0.29) is 32.3 Å². The molecule has 0 aliphatic carbocycles. The standard InChI is InChI=1S/C26H25F6N3O4/c1-38-11-9-34(24(37)33-21-13-19(25(27,28)29)12-20(14-21)26(30,31)32)17-23(36)35(16-22-8-5-10-39-22)15-18-6-3-2-4-7-18/h2-8,10,12-14H,9,11,15-17H2,1H3,(H,33,37). The summed E-state index contributed by atoms with van der Waals surface area (Å²) in [5, 5.41) is 2.06. The van der Waals surface area contributed by atoms with Gasteiger partial charge in [0.25, 0.3) is 0 Å². The number of nitrogens with zero attached hydrogens (tertiary/aromatic N) is 2. The van der Waals surface area contributed by atoms with Gasteiger partial charge in [-0.2, -0.15) is 26.3 Å². The topological polar surface area (TPSA) is 75.0 Å². The van der Waals surface area contributed by atoms with Gasteiger partial charge in [-0.1, -0.05) is 30.3 Å². The van der Waals surface area contributed by atoms with Gasteiger partial charge < -0.3 is 24.3 Å². The number of nitrogens with one attached hydrogen (secondary N) is 1. The summed E-state index contributed by atoms with van der Waals surface area (Å²) < 4.78 is 89.7. The molecule has 1 heterocycles. The number of anilines is 1. The molecular weight excluding hydrogens is 532 g/mol. The summed E-state index contributed by atoms with van der Waals surface area (Å²) in [5.41, 5.74) is -3.11. The van der Waals surface area contributed by atoms with Gasteiger partial charge in [-0.05, 0) is 35.9 Å². The Morgan fingerprint density at radius 1 is 0.872 bits per heavy atom. The van der Waals surface area contributed by atoms with Gasteiger partial charge in [-0.15, -0.1) is 0 Å². The average molecular weight is 557 g/mol. The van der Waals surface area contributed by atoms with Crippen molar-refractivity contribution < 1.29 is 45.1 Å². The SMILES string of the molecule is COCCN(CC(=O)N(Cc1ccccc1)Cc1ccco1)C(=O)Nc1cc(C(F)(F)F)cc(C(F)(F)F)c1. The van der Waals surface area contributed by atoms with Gasteiger partial charge in [0.1, 0.15) is 12.3 Å². The van der Waals surface area contributed by atoms with Gasteiger partial charge >= 0.3 is 18.4 Å². The summed E-state index contributed by atoms with van der Waals surface area (Å²) >= 11 is 0. The van der Waals surface area contributed by atoms with Crippen molar-refractivity contribution in [3.63, 3.8) is 0 Å². The Kier molecular flexibility index (Phi) is 9.62. The van der Waals surface area contributed by atoms with E-state index in [4.69, 9.17) is 9.15 Å². The minimum atomic E-state index is -5.09.